The minimum absolute atomic E-state index is 0.200. The number of fused-ring (bicyclic) bond motifs is 1. The molecule has 214 valence electrons. The second kappa shape index (κ2) is 13.8. The van der Waals surface area contributed by atoms with E-state index in [2.05, 4.69) is 61.7 Å². The highest BCUT2D eigenvalue weighted by molar-refractivity contribution is 5.87. The summed E-state index contributed by atoms with van der Waals surface area (Å²) < 4.78 is 22.1. The minimum atomic E-state index is -0.376. The monoisotopic (exact) mass is 554 g/mol. The van der Waals surface area contributed by atoms with Crippen LogP contribution >= 0.6 is 0 Å². The maximum absolute atomic E-state index is 11.5. The zero-order valence-corrected chi connectivity index (χ0v) is 23.9. The number of rotatable bonds is 14. The van der Waals surface area contributed by atoms with Crippen LogP contribution in [0.25, 0.3) is 0 Å². The largest absolute Gasteiger partial charge is 0.493 e. The van der Waals surface area contributed by atoms with E-state index in [0.717, 1.165) is 24.3 Å². The lowest BCUT2D eigenvalue weighted by molar-refractivity contribution is -0.140. The van der Waals surface area contributed by atoms with E-state index < -0.39 is 0 Å². The number of carbonyl (C=O) groups is 2. The van der Waals surface area contributed by atoms with Crippen molar-refractivity contribution < 1.29 is 28.5 Å². The average molecular weight is 555 g/mol. The van der Waals surface area contributed by atoms with E-state index in [1.54, 1.807) is 13.8 Å². The van der Waals surface area contributed by atoms with Crippen LogP contribution in [0.5, 0.6) is 11.5 Å². The maximum Gasteiger partial charge on any atom is 0.333 e. The Bertz CT molecular complexity index is 1260. The molecule has 0 N–H and O–H groups in total. The first-order chi connectivity index (χ1) is 19.8. The Balaban J connectivity index is 1.40. The van der Waals surface area contributed by atoms with Crippen LogP contribution in [0.1, 0.15) is 48.9 Å². The van der Waals surface area contributed by atoms with Crippen LogP contribution in [0.15, 0.2) is 97.1 Å². The molecule has 0 unspecified atom stereocenters. The molecule has 0 saturated heterocycles. The fourth-order valence-corrected chi connectivity index (χ4v) is 5.00. The molecule has 0 saturated carbocycles. The lowest BCUT2D eigenvalue weighted by atomic mass is 9.72. The Labute approximate surface area is 242 Å². The SMILES string of the molecule is C=C(C)C(=O)OCCCOc1ccc(C2(c3ccc(OCCCOC(=O)C(=C)C)cc3)Cc3ccccc3C2)cc1. The Hall–Kier alpha value is -4.32. The molecule has 0 fully saturated rings. The van der Waals surface area contributed by atoms with E-state index in [1.165, 1.54) is 22.3 Å². The number of esters is 2. The molecule has 0 amide bonds. The number of hydrogen-bond acceptors (Lipinski definition) is 6. The van der Waals surface area contributed by atoms with E-state index in [4.69, 9.17) is 18.9 Å². The molecular formula is C35H38O6. The van der Waals surface area contributed by atoms with Gasteiger partial charge >= 0.3 is 11.9 Å². The van der Waals surface area contributed by atoms with Gasteiger partial charge in [-0.25, -0.2) is 9.59 Å². The summed E-state index contributed by atoms with van der Waals surface area (Å²) in [5.74, 6) is 0.809. The highest BCUT2D eigenvalue weighted by Crippen LogP contribution is 2.45. The normalized spacial score (nSPS) is 13.1. The van der Waals surface area contributed by atoms with Gasteiger partial charge in [-0.3, -0.25) is 0 Å². The van der Waals surface area contributed by atoms with Crippen molar-refractivity contribution in [3.05, 3.63) is 119 Å². The molecule has 1 aliphatic rings. The van der Waals surface area contributed by atoms with Gasteiger partial charge in [-0.05, 0) is 73.2 Å². The van der Waals surface area contributed by atoms with Crippen LogP contribution < -0.4 is 9.47 Å². The van der Waals surface area contributed by atoms with Crippen LogP contribution in [0, 0.1) is 0 Å². The smallest absolute Gasteiger partial charge is 0.333 e. The van der Waals surface area contributed by atoms with Crippen molar-refractivity contribution in [2.75, 3.05) is 26.4 Å². The van der Waals surface area contributed by atoms with Crippen molar-refractivity contribution in [2.45, 2.75) is 44.9 Å². The van der Waals surface area contributed by atoms with Crippen molar-refractivity contribution in [2.24, 2.45) is 0 Å². The lowest BCUT2D eigenvalue weighted by Gasteiger charge is -2.31. The van der Waals surface area contributed by atoms with Crippen molar-refractivity contribution in [3.8, 4) is 11.5 Å². The first-order valence-electron chi connectivity index (χ1n) is 14.0. The number of hydrogen-bond donors (Lipinski definition) is 0. The van der Waals surface area contributed by atoms with E-state index in [9.17, 15) is 9.59 Å². The van der Waals surface area contributed by atoms with Gasteiger partial charge in [0.1, 0.15) is 11.5 Å². The molecule has 0 atom stereocenters. The van der Waals surface area contributed by atoms with Gasteiger partial charge in [-0.1, -0.05) is 61.7 Å². The van der Waals surface area contributed by atoms with Crippen molar-refractivity contribution in [1.82, 2.24) is 0 Å². The van der Waals surface area contributed by atoms with Crippen LogP contribution in [0.2, 0.25) is 0 Å². The molecule has 3 aromatic rings. The second-order valence-electron chi connectivity index (χ2n) is 10.5. The van der Waals surface area contributed by atoms with Crippen molar-refractivity contribution in [1.29, 1.82) is 0 Å². The molecule has 0 aliphatic heterocycles. The van der Waals surface area contributed by atoms with E-state index in [0.29, 0.717) is 50.4 Å². The Morgan fingerprint density at radius 2 is 1.02 bits per heavy atom. The van der Waals surface area contributed by atoms with Crippen LogP contribution in [-0.2, 0) is 37.3 Å². The molecule has 3 aromatic carbocycles. The summed E-state index contributed by atoms with van der Waals surface area (Å²) in [5, 5.41) is 0. The van der Waals surface area contributed by atoms with E-state index in [-0.39, 0.29) is 17.4 Å². The average Bonchev–Trinajstić information content (AvgIpc) is 3.38. The highest BCUT2D eigenvalue weighted by atomic mass is 16.5. The number of benzene rings is 3. The zero-order chi connectivity index (χ0) is 29.2. The fourth-order valence-electron chi connectivity index (χ4n) is 5.00. The van der Waals surface area contributed by atoms with Gasteiger partial charge in [0.05, 0.1) is 26.4 Å². The minimum Gasteiger partial charge on any atom is -0.493 e. The summed E-state index contributed by atoms with van der Waals surface area (Å²) in [6.07, 6.45) is 3.03. The van der Waals surface area contributed by atoms with Gasteiger partial charge in [-0.2, -0.15) is 0 Å². The first-order valence-corrected chi connectivity index (χ1v) is 14.0. The Morgan fingerprint density at radius 3 is 1.39 bits per heavy atom. The molecule has 4 rings (SSSR count). The Kier molecular flexibility index (Phi) is 10.0. The summed E-state index contributed by atoms with van der Waals surface area (Å²) in [7, 11) is 0. The van der Waals surface area contributed by atoms with Crippen LogP contribution in [-0.4, -0.2) is 38.4 Å². The topological polar surface area (TPSA) is 71.1 Å². The number of ether oxygens (including phenoxy) is 4. The van der Waals surface area contributed by atoms with E-state index >= 15 is 0 Å². The molecule has 6 nitrogen and oxygen atoms in total. The quantitative estimate of drug-likeness (QED) is 0.128. The van der Waals surface area contributed by atoms with Gasteiger partial charge in [0, 0.05) is 29.4 Å². The van der Waals surface area contributed by atoms with Crippen molar-refractivity contribution in [3.63, 3.8) is 0 Å². The molecule has 0 bridgehead atoms. The lowest BCUT2D eigenvalue weighted by Crippen LogP contribution is -2.28. The molecule has 1 aliphatic carbocycles. The summed E-state index contributed by atoms with van der Waals surface area (Å²) in [5.41, 5.74) is 5.77. The molecule has 0 aromatic heterocycles. The summed E-state index contributed by atoms with van der Waals surface area (Å²) in [6.45, 7) is 11.9. The summed E-state index contributed by atoms with van der Waals surface area (Å²) in [6, 6.07) is 25.3. The first kappa shape index (κ1) is 29.7. The molecule has 0 spiro atoms. The van der Waals surface area contributed by atoms with Gasteiger partial charge < -0.3 is 18.9 Å². The second-order valence-corrected chi connectivity index (χ2v) is 10.5. The van der Waals surface area contributed by atoms with E-state index in [1.807, 2.05) is 24.3 Å². The molecule has 6 heteroatoms. The molecule has 41 heavy (non-hydrogen) atoms. The molecule has 0 heterocycles. The predicted octanol–water partition coefficient (Wildman–Crippen LogP) is 6.55. The third kappa shape index (κ3) is 7.66. The summed E-state index contributed by atoms with van der Waals surface area (Å²) in [4.78, 5) is 23.0. The molecule has 0 radical (unpaired) electrons. The van der Waals surface area contributed by atoms with Crippen molar-refractivity contribution >= 4 is 11.9 Å². The number of carbonyl (C=O) groups excluding carboxylic acids is 2. The third-order valence-corrected chi connectivity index (χ3v) is 7.19. The molecular weight excluding hydrogens is 516 g/mol. The van der Waals surface area contributed by atoms with Gasteiger partial charge in [0.2, 0.25) is 0 Å². The zero-order valence-electron chi connectivity index (χ0n) is 23.9. The predicted molar refractivity (Wildman–Crippen MR) is 159 cm³/mol. The third-order valence-electron chi connectivity index (χ3n) is 7.19. The van der Waals surface area contributed by atoms with Gasteiger partial charge in [0.15, 0.2) is 0 Å². The highest BCUT2D eigenvalue weighted by Gasteiger charge is 2.40. The van der Waals surface area contributed by atoms with Gasteiger partial charge in [-0.15, -0.1) is 0 Å². The fraction of sp³-hybridized carbons (Fsp3) is 0.314. The van der Waals surface area contributed by atoms with Crippen LogP contribution in [0.4, 0.5) is 0 Å². The summed E-state index contributed by atoms with van der Waals surface area (Å²) >= 11 is 0. The van der Waals surface area contributed by atoms with Crippen LogP contribution in [0.3, 0.4) is 0 Å². The van der Waals surface area contributed by atoms with Gasteiger partial charge in [0.25, 0.3) is 0 Å². The Morgan fingerprint density at radius 1 is 0.634 bits per heavy atom. The standard InChI is InChI=1S/C35H38O6/c1-25(2)33(36)40-21-7-19-38-31-15-11-29(12-16-31)35(23-27-9-5-6-10-28(27)24-35)30-13-17-32(18-14-30)39-20-8-22-41-34(37)26(3)4/h5-6,9-18H,1,3,7-8,19-24H2,2,4H3. The maximum atomic E-state index is 11.5.